The van der Waals surface area contributed by atoms with Crippen LogP contribution in [0.4, 0.5) is 5.95 Å². The van der Waals surface area contributed by atoms with Crippen molar-refractivity contribution in [1.29, 1.82) is 5.26 Å². The van der Waals surface area contributed by atoms with Gasteiger partial charge in [0.15, 0.2) is 11.2 Å². The fourth-order valence-corrected chi connectivity index (χ4v) is 4.98. The molecule has 2 atom stereocenters. The highest BCUT2D eigenvalue weighted by atomic mass is 16.2. The molecule has 4 heterocycles. The Morgan fingerprint density at radius 1 is 1.17 bits per heavy atom. The van der Waals surface area contributed by atoms with Gasteiger partial charge in [-0.05, 0) is 39.5 Å². The van der Waals surface area contributed by atoms with Gasteiger partial charge in [-0.25, -0.2) is 4.79 Å². The quantitative estimate of drug-likeness (QED) is 0.594. The van der Waals surface area contributed by atoms with Gasteiger partial charge in [0.1, 0.15) is 6.04 Å². The Balaban J connectivity index is 1.59. The van der Waals surface area contributed by atoms with E-state index in [1.807, 2.05) is 24.5 Å². The maximum atomic E-state index is 13.1. The third-order valence-electron chi connectivity index (χ3n) is 6.98. The molecule has 0 aliphatic carbocycles. The van der Waals surface area contributed by atoms with Crippen LogP contribution in [0.25, 0.3) is 11.2 Å². The van der Waals surface area contributed by atoms with Crippen LogP contribution in [0.2, 0.25) is 0 Å². The zero-order valence-corrected chi connectivity index (χ0v) is 21.0. The zero-order valence-electron chi connectivity index (χ0n) is 21.0. The molecule has 0 spiro atoms. The number of rotatable bonds is 6. The van der Waals surface area contributed by atoms with Crippen molar-refractivity contribution in [3.8, 4) is 6.07 Å². The number of anilines is 1. The van der Waals surface area contributed by atoms with Crippen LogP contribution >= 0.6 is 0 Å². The summed E-state index contributed by atoms with van der Waals surface area (Å²) in [6.45, 7) is 6.70. The van der Waals surface area contributed by atoms with Gasteiger partial charge < -0.3 is 19.7 Å². The van der Waals surface area contributed by atoms with Gasteiger partial charge in [-0.2, -0.15) is 10.2 Å². The fourth-order valence-electron chi connectivity index (χ4n) is 4.98. The molecule has 11 nitrogen and oxygen atoms in total. The molecule has 0 aromatic carbocycles. The standard InChI is InChI=1S/C24H34N8O3/c1-16(2)9-12-32-20-21(28(3)24(35)29(4)22(20)34)27-23(32)30-10-5-7-17(15-30)26-14-19(33)31-11-6-8-18(31)13-25/h9,17-18,26H,5-8,10-12,14-15H2,1-4H3/t17-,18?/m0/s1. The molecule has 1 unspecified atom stereocenters. The molecule has 1 N–H and O–H groups in total. The summed E-state index contributed by atoms with van der Waals surface area (Å²) in [6, 6.07) is 1.96. The number of allylic oxidation sites excluding steroid dienone is 2. The number of amides is 1. The van der Waals surface area contributed by atoms with Crippen LogP contribution in [-0.2, 0) is 25.4 Å². The van der Waals surface area contributed by atoms with Crippen molar-refractivity contribution in [1.82, 2.24) is 28.9 Å². The molecular formula is C24H34N8O3. The minimum atomic E-state index is -0.407. The first-order valence-corrected chi connectivity index (χ1v) is 12.2. The highest BCUT2D eigenvalue weighted by Crippen LogP contribution is 2.24. The molecule has 0 bridgehead atoms. The average molecular weight is 483 g/mol. The molecule has 2 aromatic heterocycles. The Bertz CT molecular complexity index is 1310. The lowest BCUT2D eigenvalue weighted by atomic mass is 10.1. The lowest BCUT2D eigenvalue weighted by Gasteiger charge is -2.34. The zero-order chi connectivity index (χ0) is 25.3. The number of carbonyl (C=O) groups excluding carboxylic acids is 1. The minimum Gasteiger partial charge on any atom is -0.341 e. The number of aryl methyl sites for hydroxylation is 1. The van der Waals surface area contributed by atoms with Gasteiger partial charge in [-0.3, -0.25) is 18.7 Å². The predicted octanol–water partition coefficient (Wildman–Crippen LogP) is 0.473. The number of carbonyl (C=O) groups is 1. The molecular weight excluding hydrogens is 448 g/mol. The second-order valence-electron chi connectivity index (χ2n) is 9.72. The number of fused-ring (bicyclic) bond motifs is 1. The molecule has 2 saturated heterocycles. The molecule has 2 aromatic rings. The lowest BCUT2D eigenvalue weighted by molar-refractivity contribution is -0.130. The second-order valence-corrected chi connectivity index (χ2v) is 9.72. The monoisotopic (exact) mass is 482 g/mol. The molecule has 188 valence electrons. The normalized spacial score (nSPS) is 20.3. The van der Waals surface area contributed by atoms with Crippen molar-refractivity contribution in [2.75, 3.05) is 31.1 Å². The number of nitriles is 1. The van der Waals surface area contributed by atoms with E-state index in [2.05, 4.69) is 16.3 Å². The Morgan fingerprint density at radius 2 is 1.91 bits per heavy atom. The molecule has 35 heavy (non-hydrogen) atoms. The van der Waals surface area contributed by atoms with Crippen LogP contribution in [0.15, 0.2) is 21.2 Å². The maximum Gasteiger partial charge on any atom is 0.332 e. The third kappa shape index (κ3) is 4.75. The Labute approximate surface area is 204 Å². The van der Waals surface area contributed by atoms with Crippen LogP contribution in [-0.4, -0.2) is 67.8 Å². The van der Waals surface area contributed by atoms with E-state index in [9.17, 15) is 19.6 Å². The van der Waals surface area contributed by atoms with E-state index in [-0.39, 0.29) is 30.1 Å². The van der Waals surface area contributed by atoms with E-state index in [0.717, 1.165) is 42.4 Å². The number of hydrogen-bond donors (Lipinski definition) is 1. The summed E-state index contributed by atoms with van der Waals surface area (Å²) in [7, 11) is 3.11. The third-order valence-corrected chi connectivity index (χ3v) is 6.98. The predicted molar refractivity (Wildman–Crippen MR) is 133 cm³/mol. The average Bonchev–Trinajstić information content (AvgIpc) is 3.48. The summed E-state index contributed by atoms with van der Waals surface area (Å²) in [5, 5.41) is 12.6. The van der Waals surface area contributed by atoms with Crippen LogP contribution in [0.5, 0.6) is 0 Å². The van der Waals surface area contributed by atoms with E-state index < -0.39 is 5.69 Å². The first-order valence-electron chi connectivity index (χ1n) is 12.2. The van der Waals surface area contributed by atoms with E-state index in [0.29, 0.717) is 36.7 Å². The Hall–Kier alpha value is -3.39. The van der Waals surface area contributed by atoms with E-state index in [4.69, 9.17) is 4.98 Å². The van der Waals surface area contributed by atoms with Crippen molar-refractivity contribution in [2.45, 2.75) is 58.2 Å². The number of likely N-dealkylation sites (tertiary alicyclic amines) is 1. The first-order chi connectivity index (χ1) is 16.7. The van der Waals surface area contributed by atoms with Gasteiger partial charge in [0.05, 0.1) is 12.6 Å². The fraction of sp³-hybridized carbons (Fsp3) is 0.625. The van der Waals surface area contributed by atoms with Gasteiger partial charge in [0.25, 0.3) is 5.56 Å². The van der Waals surface area contributed by atoms with Gasteiger partial charge in [-0.1, -0.05) is 11.6 Å². The molecule has 2 fully saturated rings. The number of piperidine rings is 1. The first kappa shape index (κ1) is 24.7. The maximum absolute atomic E-state index is 13.1. The Morgan fingerprint density at radius 3 is 2.63 bits per heavy atom. The number of nitrogens with one attached hydrogen (secondary N) is 1. The number of nitrogens with zero attached hydrogens (tertiary/aromatic N) is 7. The number of imidazole rings is 1. The summed E-state index contributed by atoms with van der Waals surface area (Å²) >= 11 is 0. The summed E-state index contributed by atoms with van der Waals surface area (Å²) < 4.78 is 4.42. The van der Waals surface area contributed by atoms with Gasteiger partial charge in [-0.15, -0.1) is 0 Å². The molecule has 1 amide bonds. The van der Waals surface area contributed by atoms with Crippen LogP contribution in [0.3, 0.4) is 0 Å². The summed E-state index contributed by atoms with van der Waals surface area (Å²) in [5.41, 5.74) is 1.13. The van der Waals surface area contributed by atoms with E-state index >= 15 is 0 Å². The van der Waals surface area contributed by atoms with Crippen molar-refractivity contribution in [3.05, 3.63) is 32.5 Å². The van der Waals surface area contributed by atoms with Crippen molar-refractivity contribution in [3.63, 3.8) is 0 Å². The largest absolute Gasteiger partial charge is 0.341 e. The number of aromatic nitrogens is 4. The van der Waals surface area contributed by atoms with E-state index in [1.54, 1.807) is 11.9 Å². The van der Waals surface area contributed by atoms with Crippen LogP contribution < -0.4 is 21.5 Å². The minimum absolute atomic E-state index is 0.0412. The highest BCUT2D eigenvalue weighted by Gasteiger charge is 2.30. The summed E-state index contributed by atoms with van der Waals surface area (Å²) in [5.74, 6) is 0.609. The molecule has 0 radical (unpaired) electrons. The van der Waals surface area contributed by atoms with Gasteiger partial charge in [0, 0.05) is 46.3 Å². The molecule has 0 saturated carbocycles. The smallest absolute Gasteiger partial charge is 0.332 e. The van der Waals surface area contributed by atoms with Crippen molar-refractivity contribution in [2.24, 2.45) is 14.1 Å². The van der Waals surface area contributed by atoms with Crippen LogP contribution in [0.1, 0.15) is 39.5 Å². The second kappa shape index (κ2) is 10.1. The highest BCUT2D eigenvalue weighted by molar-refractivity contribution is 5.79. The van der Waals surface area contributed by atoms with Crippen LogP contribution in [0, 0.1) is 11.3 Å². The molecule has 11 heteroatoms. The van der Waals surface area contributed by atoms with Crippen molar-refractivity contribution < 1.29 is 4.79 Å². The Kier molecular flexibility index (Phi) is 7.12. The lowest BCUT2D eigenvalue weighted by Crippen LogP contribution is -2.50. The number of hydrogen-bond acceptors (Lipinski definition) is 7. The van der Waals surface area contributed by atoms with Gasteiger partial charge >= 0.3 is 5.69 Å². The van der Waals surface area contributed by atoms with Crippen molar-refractivity contribution >= 4 is 23.0 Å². The van der Waals surface area contributed by atoms with E-state index in [1.165, 1.54) is 11.6 Å². The molecule has 2 aliphatic heterocycles. The molecule has 2 aliphatic rings. The summed E-state index contributed by atoms with van der Waals surface area (Å²) in [4.78, 5) is 46.8. The molecule has 4 rings (SSSR count). The van der Waals surface area contributed by atoms with Gasteiger partial charge in [0.2, 0.25) is 11.9 Å². The summed E-state index contributed by atoms with van der Waals surface area (Å²) in [6.07, 6.45) is 5.46. The SMILES string of the molecule is CC(C)=CCn1c(N2CCC[C@H](NCC(=O)N3CCCC3C#N)C2)nc2c1c(=O)n(C)c(=O)n2C. The topological polar surface area (TPSA) is 121 Å².